The summed E-state index contributed by atoms with van der Waals surface area (Å²) in [6, 6.07) is 24.3. The maximum atomic E-state index is 13.2. The van der Waals surface area contributed by atoms with E-state index in [4.69, 9.17) is 0 Å². The molecule has 4 aromatic rings. The van der Waals surface area contributed by atoms with Gasteiger partial charge in [-0.1, -0.05) is 43.8 Å². The Morgan fingerprint density at radius 1 is 1.02 bits per heavy atom. The van der Waals surface area contributed by atoms with Crippen LogP contribution < -0.4 is 5.32 Å². The molecule has 0 aliphatic heterocycles. The molecule has 1 heterocycles. The van der Waals surface area contributed by atoms with Gasteiger partial charge in [-0.2, -0.15) is 5.26 Å². The van der Waals surface area contributed by atoms with E-state index < -0.39 is 15.3 Å². The zero-order valence-electron chi connectivity index (χ0n) is 22.7. The molecule has 0 bridgehead atoms. The Bertz CT molecular complexity index is 1730. The van der Waals surface area contributed by atoms with Crippen molar-refractivity contribution in [3.63, 3.8) is 0 Å². The van der Waals surface area contributed by atoms with Crippen LogP contribution in [0, 0.1) is 11.3 Å². The Kier molecular flexibility index (Phi) is 8.97. The minimum Gasteiger partial charge on any atom is -0.350 e. The van der Waals surface area contributed by atoms with Crippen molar-refractivity contribution in [2.45, 2.75) is 51.5 Å². The van der Waals surface area contributed by atoms with Gasteiger partial charge in [-0.25, -0.2) is 8.42 Å². The van der Waals surface area contributed by atoms with E-state index in [9.17, 15) is 18.5 Å². The number of carbonyl (C=O) groups excluding carboxylic acids is 1. The number of aromatic nitrogens is 1. The third-order valence-electron chi connectivity index (χ3n) is 6.47. The molecule has 0 saturated heterocycles. The van der Waals surface area contributed by atoms with Crippen molar-refractivity contribution in [3.8, 4) is 17.2 Å². The van der Waals surface area contributed by atoms with E-state index in [0.717, 1.165) is 39.4 Å². The number of nitrogens with one attached hydrogen (secondary N) is 1. The molecule has 6 nitrogen and oxygen atoms in total. The van der Waals surface area contributed by atoms with Crippen LogP contribution in [0.25, 0.3) is 33.7 Å². The normalized spacial score (nSPS) is 12.1. The molecule has 7 heteroatoms. The number of carbonyl (C=O) groups is 1. The minimum atomic E-state index is -3.36. The van der Waals surface area contributed by atoms with Gasteiger partial charge in [0.1, 0.15) is 0 Å². The Labute approximate surface area is 237 Å². The largest absolute Gasteiger partial charge is 0.350 e. The second-order valence-corrected chi connectivity index (χ2v) is 12.5. The highest BCUT2D eigenvalue weighted by Gasteiger charge is 2.22. The van der Waals surface area contributed by atoms with Crippen molar-refractivity contribution in [1.29, 1.82) is 5.26 Å². The molecule has 0 saturated carbocycles. The highest BCUT2D eigenvalue weighted by atomic mass is 32.2. The van der Waals surface area contributed by atoms with Crippen LogP contribution in [0.15, 0.2) is 83.9 Å². The topological polar surface area (TPSA) is 99.9 Å². The lowest BCUT2D eigenvalue weighted by molar-refractivity contribution is -0.116. The fourth-order valence-electron chi connectivity index (χ4n) is 4.30. The summed E-state index contributed by atoms with van der Waals surface area (Å²) < 4.78 is 23.9. The van der Waals surface area contributed by atoms with Crippen molar-refractivity contribution in [1.82, 2.24) is 10.3 Å². The van der Waals surface area contributed by atoms with Gasteiger partial charge >= 0.3 is 0 Å². The van der Waals surface area contributed by atoms with Gasteiger partial charge in [0.05, 0.1) is 21.9 Å². The SMILES string of the molecule is C.CC(C)NC(=O)/C(=C/c1cccc(-c2cc(C(C)(C)C#N)cc3cccnc23)c1)c1ccc(S(C)(=O)=O)cc1. The maximum absolute atomic E-state index is 13.2. The van der Waals surface area contributed by atoms with Gasteiger partial charge in [-0.15, -0.1) is 0 Å². The highest BCUT2D eigenvalue weighted by Crippen LogP contribution is 2.34. The number of nitrogens with zero attached hydrogens (tertiary/aromatic N) is 2. The van der Waals surface area contributed by atoms with Crippen molar-refractivity contribution in [2.75, 3.05) is 6.26 Å². The molecule has 0 unspecified atom stereocenters. The summed E-state index contributed by atoms with van der Waals surface area (Å²) in [5.74, 6) is -0.257. The lowest BCUT2D eigenvalue weighted by Crippen LogP contribution is -2.30. The monoisotopic (exact) mass is 553 g/mol. The molecule has 3 aromatic carbocycles. The van der Waals surface area contributed by atoms with Crippen LogP contribution in [0.3, 0.4) is 0 Å². The van der Waals surface area contributed by atoms with Gasteiger partial charge in [0, 0.05) is 35.0 Å². The first-order valence-electron chi connectivity index (χ1n) is 12.6. The van der Waals surface area contributed by atoms with Crippen LogP contribution in [0.4, 0.5) is 0 Å². The number of rotatable bonds is 7. The molecule has 0 fully saturated rings. The van der Waals surface area contributed by atoms with E-state index in [1.54, 1.807) is 24.4 Å². The number of fused-ring (bicyclic) bond motifs is 1. The average molecular weight is 554 g/mol. The van der Waals surface area contributed by atoms with Gasteiger partial charge in [-0.05, 0) is 92.4 Å². The van der Waals surface area contributed by atoms with E-state index in [2.05, 4.69) is 16.4 Å². The number of amides is 1. The number of hydrogen-bond donors (Lipinski definition) is 1. The summed E-state index contributed by atoms with van der Waals surface area (Å²) in [4.78, 5) is 18.0. The number of sulfone groups is 1. The number of pyridine rings is 1. The fraction of sp³-hybridized carbons (Fsp3) is 0.242. The molecular weight excluding hydrogens is 518 g/mol. The van der Waals surface area contributed by atoms with Gasteiger partial charge in [0.25, 0.3) is 5.91 Å². The van der Waals surface area contributed by atoms with Crippen LogP contribution in [-0.2, 0) is 20.0 Å². The highest BCUT2D eigenvalue weighted by molar-refractivity contribution is 7.90. The van der Waals surface area contributed by atoms with Crippen molar-refractivity contribution in [3.05, 3.63) is 95.7 Å². The summed E-state index contributed by atoms with van der Waals surface area (Å²) in [5, 5.41) is 13.6. The molecular formula is C33H35N3O3S. The molecule has 0 aliphatic rings. The molecule has 0 radical (unpaired) electrons. The summed E-state index contributed by atoms with van der Waals surface area (Å²) in [5.41, 5.74) is 4.65. The Morgan fingerprint density at radius 2 is 1.73 bits per heavy atom. The first-order chi connectivity index (χ1) is 18.4. The molecule has 1 amide bonds. The second kappa shape index (κ2) is 11.8. The zero-order chi connectivity index (χ0) is 28.4. The standard InChI is InChI=1S/C32H31N3O3S.CH4/c1-21(2)35-31(36)29(23-11-13-27(14-12-23)39(5,37)38)17-22-8-6-9-24(16-22)28-19-26(32(3,4)20-33)18-25-10-7-15-34-30(25)28;/h6-19,21H,1-5H3,(H,35,36);1H4/b29-17+;. The lowest BCUT2D eigenvalue weighted by Gasteiger charge is -2.19. The average Bonchev–Trinajstić information content (AvgIpc) is 2.90. The van der Waals surface area contributed by atoms with Gasteiger partial charge < -0.3 is 5.32 Å². The van der Waals surface area contributed by atoms with Crippen LogP contribution in [0.5, 0.6) is 0 Å². The van der Waals surface area contributed by atoms with Crippen LogP contribution in [0.2, 0.25) is 0 Å². The molecule has 1 N–H and O–H groups in total. The summed E-state index contributed by atoms with van der Waals surface area (Å²) >= 11 is 0. The predicted molar refractivity (Wildman–Crippen MR) is 163 cm³/mol. The molecule has 1 aromatic heterocycles. The molecule has 40 heavy (non-hydrogen) atoms. The number of hydrogen-bond acceptors (Lipinski definition) is 5. The van der Waals surface area contributed by atoms with Crippen molar-refractivity contribution < 1.29 is 13.2 Å². The Hall–Kier alpha value is -4.28. The fourth-order valence-corrected chi connectivity index (χ4v) is 4.93. The minimum absolute atomic E-state index is 0. The second-order valence-electron chi connectivity index (χ2n) is 10.4. The molecule has 206 valence electrons. The van der Waals surface area contributed by atoms with E-state index >= 15 is 0 Å². The van der Waals surface area contributed by atoms with Crippen molar-refractivity contribution >= 4 is 38.3 Å². The third-order valence-corrected chi connectivity index (χ3v) is 7.60. The smallest absolute Gasteiger partial charge is 0.252 e. The van der Waals surface area contributed by atoms with Gasteiger partial charge in [-0.3, -0.25) is 9.78 Å². The summed E-state index contributed by atoms with van der Waals surface area (Å²) in [7, 11) is -3.36. The predicted octanol–water partition coefficient (Wildman–Crippen LogP) is 6.81. The van der Waals surface area contributed by atoms with E-state index in [-0.39, 0.29) is 24.3 Å². The summed E-state index contributed by atoms with van der Waals surface area (Å²) in [6.07, 6.45) is 4.70. The third kappa shape index (κ3) is 6.64. The molecule has 4 rings (SSSR count). The van der Waals surface area contributed by atoms with Gasteiger partial charge in [0.2, 0.25) is 0 Å². The van der Waals surface area contributed by atoms with E-state index in [1.165, 1.54) is 12.1 Å². The first-order valence-corrected chi connectivity index (χ1v) is 14.5. The van der Waals surface area contributed by atoms with Crippen molar-refractivity contribution in [2.24, 2.45) is 0 Å². The van der Waals surface area contributed by atoms with E-state index in [0.29, 0.717) is 11.1 Å². The molecule has 0 aliphatic carbocycles. The van der Waals surface area contributed by atoms with E-state index in [1.807, 2.05) is 76.2 Å². The van der Waals surface area contributed by atoms with Crippen LogP contribution >= 0.6 is 0 Å². The Balaban J connectivity index is 0.00000441. The Morgan fingerprint density at radius 3 is 2.35 bits per heavy atom. The quantitative estimate of drug-likeness (QED) is 0.200. The zero-order valence-corrected chi connectivity index (χ0v) is 23.5. The molecule has 0 spiro atoms. The maximum Gasteiger partial charge on any atom is 0.252 e. The van der Waals surface area contributed by atoms with Crippen LogP contribution in [0.1, 0.15) is 51.8 Å². The first kappa shape index (κ1) is 30.3. The molecule has 0 atom stereocenters. The lowest BCUT2D eigenvalue weighted by atomic mass is 9.83. The van der Waals surface area contributed by atoms with Gasteiger partial charge in [0.15, 0.2) is 9.84 Å². The summed E-state index contributed by atoms with van der Waals surface area (Å²) in [6.45, 7) is 7.55. The number of benzene rings is 3. The number of nitriles is 1. The van der Waals surface area contributed by atoms with Crippen LogP contribution in [-0.4, -0.2) is 31.6 Å².